The Morgan fingerprint density at radius 2 is 2.00 bits per heavy atom. The van der Waals surface area contributed by atoms with Crippen molar-refractivity contribution in [3.8, 4) is 5.88 Å². The first-order valence-electron chi connectivity index (χ1n) is 5.85. The minimum absolute atomic E-state index is 0.0209. The molecule has 4 rings (SSSR count). The predicted molar refractivity (Wildman–Crippen MR) is 58.7 cm³/mol. The third-order valence-electron chi connectivity index (χ3n) is 3.82. The van der Waals surface area contributed by atoms with Crippen molar-refractivity contribution in [2.75, 3.05) is 6.61 Å². The molecule has 7 heteroatoms. The first-order chi connectivity index (χ1) is 8.59. The van der Waals surface area contributed by atoms with Crippen LogP contribution in [0.4, 0.5) is 0 Å². The molecule has 18 heavy (non-hydrogen) atoms. The van der Waals surface area contributed by atoms with Gasteiger partial charge in [-0.15, -0.1) is 0 Å². The van der Waals surface area contributed by atoms with Crippen LogP contribution < -0.4 is 16.0 Å². The molecular weight excluding hydrogens is 240 g/mol. The lowest BCUT2D eigenvalue weighted by atomic mass is 10.2. The third-order valence-corrected chi connectivity index (χ3v) is 3.82. The molecule has 0 N–H and O–H groups in total. The van der Waals surface area contributed by atoms with Crippen LogP contribution in [-0.2, 0) is 16.5 Å². The lowest BCUT2D eigenvalue weighted by Crippen LogP contribution is -2.42. The summed E-state index contributed by atoms with van der Waals surface area (Å²) in [5.41, 5.74) is -0.342. The molecule has 96 valence electrons. The van der Waals surface area contributed by atoms with Crippen LogP contribution in [0.3, 0.4) is 0 Å². The van der Waals surface area contributed by atoms with Gasteiger partial charge >= 0.3 is 5.69 Å². The van der Waals surface area contributed by atoms with Crippen molar-refractivity contribution in [2.45, 2.75) is 31.5 Å². The fourth-order valence-electron chi connectivity index (χ4n) is 2.76. The van der Waals surface area contributed by atoms with E-state index in [1.165, 1.54) is 11.6 Å². The molecule has 3 aliphatic heterocycles. The number of nitrogens with zero attached hydrogens (tertiary/aromatic N) is 2. The maximum Gasteiger partial charge on any atom is 0.335 e. The Morgan fingerprint density at radius 3 is 2.78 bits per heavy atom. The summed E-state index contributed by atoms with van der Waals surface area (Å²) in [6.45, 7) is 1.96. The second kappa shape index (κ2) is 3.04. The minimum atomic E-state index is -0.476. The molecule has 2 saturated heterocycles. The molecule has 7 nitrogen and oxygen atoms in total. The van der Waals surface area contributed by atoms with E-state index in [0.717, 1.165) is 4.57 Å². The van der Waals surface area contributed by atoms with Gasteiger partial charge in [0.15, 0.2) is 6.23 Å². The summed E-state index contributed by atoms with van der Waals surface area (Å²) < 4.78 is 19.2. The predicted octanol–water partition coefficient (Wildman–Crippen LogP) is -1.09. The fourth-order valence-corrected chi connectivity index (χ4v) is 2.76. The van der Waals surface area contributed by atoms with Crippen LogP contribution >= 0.6 is 0 Å². The maximum absolute atomic E-state index is 12.2. The van der Waals surface area contributed by atoms with Gasteiger partial charge in [-0.3, -0.25) is 9.36 Å². The number of rotatable bonds is 0. The van der Waals surface area contributed by atoms with Gasteiger partial charge in [0.1, 0.15) is 24.9 Å². The maximum atomic E-state index is 12.2. The number of fused-ring (bicyclic) bond motifs is 7. The van der Waals surface area contributed by atoms with Crippen LogP contribution in [-0.4, -0.2) is 34.1 Å². The highest BCUT2D eigenvalue weighted by molar-refractivity contribution is 5.26. The zero-order chi connectivity index (χ0) is 12.6. The highest BCUT2D eigenvalue weighted by Crippen LogP contribution is 2.47. The Hall–Kier alpha value is -1.60. The SMILES string of the molecule is Cc1c2n(c(=O)n(C)c1=O)C1OC(CO2)C2OC21. The van der Waals surface area contributed by atoms with E-state index in [-0.39, 0.29) is 23.9 Å². The average Bonchev–Trinajstić information content (AvgIpc) is 3.08. The van der Waals surface area contributed by atoms with E-state index < -0.39 is 11.9 Å². The molecular formula is C11H12N2O5. The molecule has 0 amide bonds. The van der Waals surface area contributed by atoms with Crippen LogP contribution in [0, 0.1) is 6.92 Å². The molecule has 4 heterocycles. The highest BCUT2D eigenvalue weighted by Gasteiger charge is 2.61. The quantitative estimate of drug-likeness (QED) is 0.549. The van der Waals surface area contributed by atoms with Gasteiger partial charge in [-0.25, -0.2) is 9.36 Å². The topological polar surface area (TPSA) is 75.0 Å². The van der Waals surface area contributed by atoms with Gasteiger partial charge < -0.3 is 14.2 Å². The largest absolute Gasteiger partial charge is 0.475 e. The molecule has 4 unspecified atom stereocenters. The van der Waals surface area contributed by atoms with Gasteiger partial charge in [-0.1, -0.05) is 0 Å². The summed E-state index contributed by atoms with van der Waals surface area (Å²) in [6, 6.07) is 0. The summed E-state index contributed by atoms with van der Waals surface area (Å²) in [5, 5.41) is 0. The summed E-state index contributed by atoms with van der Waals surface area (Å²) in [7, 11) is 1.45. The Morgan fingerprint density at radius 1 is 1.22 bits per heavy atom. The molecule has 4 atom stereocenters. The zero-order valence-electron chi connectivity index (χ0n) is 9.95. The van der Waals surface area contributed by atoms with Crippen molar-refractivity contribution in [3.63, 3.8) is 0 Å². The van der Waals surface area contributed by atoms with E-state index in [9.17, 15) is 9.59 Å². The van der Waals surface area contributed by atoms with Crippen molar-refractivity contribution in [1.82, 2.24) is 9.13 Å². The van der Waals surface area contributed by atoms with Crippen LogP contribution in [0.15, 0.2) is 9.59 Å². The molecule has 2 bridgehead atoms. The Bertz CT molecular complexity index is 661. The standard InChI is InChI=1S/C11H12N2O5/c1-4-8(14)12(2)11(15)13-9(4)16-3-5-6-7(18-6)10(13)17-5/h5-7,10H,3H2,1-2H3. The van der Waals surface area contributed by atoms with E-state index in [4.69, 9.17) is 14.2 Å². The van der Waals surface area contributed by atoms with Crippen LogP contribution in [0.2, 0.25) is 0 Å². The normalized spacial score (nSPS) is 35.4. The van der Waals surface area contributed by atoms with Gasteiger partial charge in [0.25, 0.3) is 5.56 Å². The average molecular weight is 252 g/mol. The van der Waals surface area contributed by atoms with Gasteiger partial charge in [-0.05, 0) is 6.92 Å². The molecule has 0 aliphatic carbocycles. The van der Waals surface area contributed by atoms with E-state index in [0.29, 0.717) is 18.1 Å². The Balaban J connectivity index is 2.04. The molecule has 1 aromatic rings. The zero-order valence-corrected chi connectivity index (χ0v) is 9.95. The Kier molecular flexibility index (Phi) is 1.75. The van der Waals surface area contributed by atoms with Crippen molar-refractivity contribution in [3.05, 3.63) is 26.4 Å². The van der Waals surface area contributed by atoms with Gasteiger partial charge in [0, 0.05) is 7.05 Å². The van der Waals surface area contributed by atoms with Crippen molar-refractivity contribution >= 4 is 0 Å². The highest BCUT2D eigenvalue weighted by atomic mass is 16.7. The first-order valence-corrected chi connectivity index (χ1v) is 5.85. The molecule has 0 spiro atoms. The van der Waals surface area contributed by atoms with Crippen molar-refractivity contribution in [1.29, 1.82) is 0 Å². The lowest BCUT2D eigenvalue weighted by Gasteiger charge is -2.18. The van der Waals surface area contributed by atoms with Crippen LogP contribution in [0.25, 0.3) is 0 Å². The molecule has 3 aliphatic rings. The Labute approximate surface area is 101 Å². The van der Waals surface area contributed by atoms with Gasteiger partial charge in [0.05, 0.1) is 5.56 Å². The summed E-state index contributed by atoms with van der Waals surface area (Å²) in [5.74, 6) is 0.310. The van der Waals surface area contributed by atoms with Crippen molar-refractivity contribution < 1.29 is 14.2 Å². The van der Waals surface area contributed by atoms with Gasteiger partial charge in [-0.2, -0.15) is 0 Å². The van der Waals surface area contributed by atoms with Crippen LogP contribution in [0.1, 0.15) is 11.8 Å². The first kappa shape index (κ1) is 10.3. The molecule has 2 fully saturated rings. The lowest BCUT2D eigenvalue weighted by molar-refractivity contribution is -0.0653. The molecule has 0 radical (unpaired) electrons. The van der Waals surface area contributed by atoms with E-state index in [1.54, 1.807) is 6.92 Å². The second-order valence-corrected chi connectivity index (χ2v) is 4.89. The number of ether oxygens (including phenoxy) is 3. The third kappa shape index (κ3) is 1.06. The summed E-state index contributed by atoms with van der Waals surface area (Å²) in [6.07, 6.45) is -0.700. The molecule has 1 aromatic heterocycles. The number of hydrogen-bond donors (Lipinski definition) is 0. The number of hydrogen-bond acceptors (Lipinski definition) is 5. The van der Waals surface area contributed by atoms with Crippen molar-refractivity contribution in [2.24, 2.45) is 7.05 Å². The second-order valence-electron chi connectivity index (χ2n) is 4.89. The van der Waals surface area contributed by atoms with E-state index in [2.05, 4.69) is 0 Å². The van der Waals surface area contributed by atoms with E-state index in [1.807, 2.05) is 0 Å². The monoisotopic (exact) mass is 252 g/mol. The van der Waals surface area contributed by atoms with Gasteiger partial charge in [0.2, 0.25) is 5.88 Å². The van der Waals surface area contributed by atoms with E-state index >= 15 is 0 Å². The summed E-state index contributed by atoms with van der Waals surface area (Å²) >= 11 is 0. The number of epoxide rings is 1. The minimum Gasteiger partial charge on any atom is -0.475 e. The molecule has 0 saturated carbocycles. The summed E-state index contributed by atoms with van der Waals surface area (Å²) in [4.78, 5) is 24.1. The van der Waals surface area contributed by atoms with Crippen LogP contribution in [0.5, 0.6) is 5.88 Å². The number of aromatic nitrogens is 2. The fraction of sp³-hybridized carbons (Fsp3) is 0.636. The smallest absolute Gasteiger partial charge is 0.335 e. The molecule has 0 aromatic carbocycles.